The van der Waals surface area contributed by atoms with Crippen molar-refractivity contribution in [1.82, 2.24) is 9.88 Å². The van der Waals surface area contributed by atoms with E-state index in [-0.39, 0.29) is 24.2 Å². The van der Waals surface area contributed by atoms with E-state index in [1.54, 1.807) is 12.4 Å². The van der Waals surface area contributed by atoms with Crippen LogP contribution in [0.4, 0.5) is 13.2 Å². The SMILES string of the molecule is O=C(C1=CCCC1)N1C[C@@H](Oc2cccnc2)[C@H]2OCCC[C@H]21.O=C(O)C(F)(F)F. The molecule has 4 rings (SSSR count). The third-order valence-corrected chi connectivity index (χ3v) is 5.22. The van der Waals surface area contributed by atoms with E-state index in [9.17, 15) is 18.0 Å². The van der Waals surface area contributed by atoms with Gasteiger partial charge in [0.1, 0.15) is 18.0 Å². The maximum Gasteiger partial charge on any atom is 0.490 e. The number of carboxylic acid groups (broad SMARTS) is 1. The van der Waals surface area contributed by atoms with Crippen molar-refractivity contribution in [3.63, 3.8) is 0 Å². The Morgan fingerprint density at radius 3 is 2.67 bits per heavy atom. The highest BCUT2D eigenvalue weighted by molar-refractivity contribution is 5.94. The lowest BCUT2D eigenvalue weighted by molar-refractivity contribution is -0.192. The minimum Gasteiger partial charge on any atom is -0.484 e. The van der Waals surface area contributed by atoms with Crippen LogP contribution in [0.3, 0.4) is 0 Å². The van der Waals surface area contributed by atoms with Crippen LogP contribution in [0.1, 0.15) is 32.1 Å². The zero-order valence-electron chi connectivity index (χ0n) is 16.2. The maximum atomic E-state index is 12.8. The number of carbonyl (C=O) groups excluding carboxylic acids is 1. The molecule has 7 nitrogen and oxygen atoms in total. The van der Waals surface area contributed by atoms with Crippen molar-refractivity contribution >= 4 is 11.9 Å². The molecule has 0 aromatic carbocycles. The molecule has 3 heterocycles. The number of rotatable bonds is 3. The lowest BCUT2D eigenvalue weighted by atomic mass is 10.0. The van der Waals surface area contributed by atoms with Gasteiger partial charge in [0.05, 0.1) is 18.8 Å². The number of carbonyl (C=O) groups is 2. The lowest BCUT2D eigenvalue weighted by Gasteiger charge is -2.32. The Morgan fingerprint density at radius 2 is 2.07 bits per heavy atom. The Labute approximate surface area is 171 Å². The third kappa shape index (κ3) is 5.29. The van der Waals surface area contributed by atoms with Crippen LogP contribution in [-0.4, -0.2) is 64.4 Å². The number of halogens is 3. The van der Waals surface area contributed by atoms with Crippen LogP contribution in [0.2, 0.25) is 0 Å². The summed E-state index contributed by atoms with van der Waals surface area (Å²) in [5.74, 6) is -1.84. The monoisotopic (exact) mass is 428 g/mol. The molecule has 1 aromatic heterocycles. The molecular weight excluding hydrogens is 405 g/mol. The molecule has 1 amide bonds. The van der Waals surface area contributed by atoms with Gasteiger partial charge in [-0.1, -0.05) is 6.08 Å². The first-order valence-corrected chi connectivity index (χ1v) is 9.76. The number of carboxylic acids is 1. The minimum atomic E-state index is -5.08. The summed E-state index contributed by atoms with van der Waals surface area (Å²) in [6.07, 6.45) is 5.32. The fraction of sp³-hybridized carbons (Fsp3) is 0.550. The van der Waals surface area contributed by atoms with E-state index < -0.39 is 12.1 Å². The fourth-order valence-electron chi connectivity index (χ4n) is 3.89. The summed E-state index contributed by atoms with van der Waals surface area (Å²) in [7, 11) is 0. The van der Waals surface area contributed by atoms with Crippen LogP contribution >= 0.6 is 0 Å². The van der Waals surface area contributed by atoms with Crippen LogP contribution in [0, 0.1) is 0 Å². The molecular formula is C20H23F3N2O5. The van der Waals surface area contributed by atoms with Gasteiger partial charge < -0.3 is 19.5 Å². The van der Waals surface area contributed by atoms with E-state index in [0.29, 0.717) is 6.54 Å². The summed E-state index contributed by atoms with van der Waals surface area (Å²) in [5.41, 5.74) is 0.969. The van der Waals surface area contributed by atoms with Gasteiger partial charge in [0.15, 0.2) is 0 Å². The largest absolute Gasteiger partial charge is 0.490 e. The molecule has 0 saturated carbocycles. The number of nitrogens with zero attached hydrogens (tertiary/aromatic N) is 2. The lowest BCUT2D eigenvalue weighted by Crippen LogP contribution is -2.44. The van der Waals surface area contributed by atoms with Gasteiger partial charge in [0.2, 0.25) is 5.91 Å². The zero-order valence-corrected chi connectivity index (χ0v) is 16.2. The molecule has 1 aromatic rings. The summed E-state index contributed by atoms with van der Waals surface area (Å²) in [5, 5.41) is 7.12. The highest BCUT2D eigenvalue weighted by atomic mass is 19.4. The molecule has 0 radical (unpaired) electrons. The first-order valence-electron chi connectivity index (χ1n) is 9.76. The van der Waals surface area contributed by atoms with Crippen molar-refractivity contribution in [2.24, 2.45) is 0 Å². The highest BCUT2D eigenvalue weighted by Crippen LogP contribution is 2.33. The molecule has 0 bridgehead atoms. The van der Waals surface area contributed by atoms with Gasteiger partial charge in [-0.3, -0.25) is 9.78 Å². The van der Waals surface area contributed by atoms with E-state index in [4.69, 9.17) is 19.4 Å². The molecule has 0 spiro atoms. The second-order valence-electron chi connectivity index (χ2n) is 7.27. The van der Waals surface area contributed by atoms with Crippen LogP contribution < -0.4 is 4.74 Å². The Morgan fingerprint density at radius 1 is 1.30 bits per heavy atom. The molecule has 3 atom stereocenters. The number of alkyl halides is 3. The Bertz CT molecular complexity index is 784. The van der Waals surface area contributed by atoms with Crippen molar-refractivity contribution in [2.45, 2.75) is 56.5 Å². The number of hydrogen-bond acceptors (Lipinski definition) is 5. The van der Waals surface area contributed by atoms with Crippen molar-refractivity contribution in [1.29, 1.82) is 0 Å². The van der Waals surface area contributed by atoms with Gasteiger partial charge in [-0.05, 0) is 44.2 Å². The zero-order chi connectivity index (χ0) is 21.7. The van der Waals surface area contributed by atoms with E-state index in [1.165, 1.54) is 0 Å². The third-order valence-electron chi connectivity index (χ3n) is 5.22. The van der Waals surface area contributed by atoms with Crippen LogP contribution in [-0.2, 0) is 14.3 Å². The summed E-state index contributed by atoms with van der Waals surface area (Å²) in [4.78, 5) is 27.8. The van der Waals surface area contributed by atoms with Crippen LogP contribution in [0.25, 0.3) is 0 Å². The maximum absolute atomic E-state index is 12.8. The fourth-order valence-corrected chi connectivity index (χ4v) is 3.89. The van der Waals surface area contributed by atoms with Gasteiger partial charge in [0, 0.05) is 18.4 Å². The summed E-state index contributed by atoms with van der Waals surface area (Å²) >= 11 is 0. The number of hydrogen-bond donors (Lipinski definition) is 1. The average molecular weight is 428 g/mol. The topological polar surface area (TPSA) is 89.0 Å². The number of fused-ring (bicyclic) bond motifs is 1. The van der Waals surface area contributed by atoms with E-state index in [2.05, 4.69) is 11.1 Å². The predicted molar refractivity (Wildman–Crippen MR) is 98.8 cm³/mol. The quantitative estimate of drug-likeness (QED) is 0.796. The number of ether oxygens (including phenoxy) is 2. The van der Waals surface area contributed by atoms with Crippen LogP contribution in [0.5, 0.6) is 5.75 Å². The number of aromatic nitrogens is 1. The van der Waals surface area contributed by atoms with Gasteiger partial charge in [-0.25, -0.2) is 4.79 Å². The summed E-state index contributed by atoms with van der Waals surface area (Å²) in [6.45, 7) is 1.35. The summed E-state index contributed by atoms with van der Waals surface area (Å²) in [6, 6.07) is 3.89. The van der Waals surface area contributed by atoms with E-state index >= 15 is 0 Å². The normalized spacial score (nSPS) is 25.6. The number of allylic oxidation sites excluding steroid dienone is 1. The molecule has 2 fully saturated rings. The van der Waals surface area contributed by atoms with Crippen molar-refractivity contribution in [2.75, 3.05) is 13.2 Å². The highest BCUT2D eigenvalue weighted by Gasteiger charge is 2.47. The molecule has 1 N–H and O–H groups in total. The van der Waals surface area contributed by atoms with E-state index in [1.807, 2.05) is 17.0 Å². The Balaban J connectivity index is 0.000000318. The van der Waals surface area contributed by atoms with Crippen LogP contribution in [0.15, 0.2) is 36.2 Å². The summed E-state index contributed by atoms with van der Waals surface area (Å²) < 4.78 is 43.8. The first-order chi connectivity index (χ1) is 14.3. The van der Waals surface area contributed by atoms with Gasteiger partial charge in [-0.15, -0.1) is 0 Å². The van der Waals surface area contributed by atoms with Gasteiger partial charge in [0.25, 0.3) is 0 Å². The second-order valence-corrected chi connectivity index (χ2v) is 7.27. The molecule has 2 saturated heterocycles. The van der Waals surface area contributed by atoms with Crippen molar-refractivity contribution in [3.05, 3.63) is 36.2 Å². The molecule has 164 valence electrons. The molecule has 0 unspecified atom stereocenters. The second kappa shape index (κ2) is 9.46. The number of aliphatic carboxylic acids is 1. The Kier molecular flexibility index (Phi) is 6.96. The molecule has 3 aliphatic rings. The van der Waals surface area contributed by atoms with Crippen molar-refractivity contribution < 1.29 is 37.3 Å². The van der Waals surface area contributed by atoms with Gasteiger partial charge in [-0.2, -0.15) is 13.2 Å². The molecule has 10 heteroatoms. The standard InChI is InChI=1S/C18H22N2O3.C2HF3O2/c21-18(13-5-1-2-6-13)20-12-16(17-15(20)8-4-10-22-17)23-14-7-3-9-19-11-14;3-2(4,5)1(6)7/h3,5,7,9,11,15-17H,1-2,4,6,8,10,12H2;(H,6,7)/t15-,16-,17+;/m1./s1. The predicted octanol–water partition coefficient (Wildman–Crippen LogP) is 2.96. The van der Waals surface area contributed by atoms with Crippen molar-refractivity contribution in [3.8, 4) is 5.75 Å². The van der Waals surface area contributed by atoms with Gasteiger partial charge >= 0.3 is 12.1 Å². The molecule has 30 heavy (non-hydrogen) atoms. The molecule has 1 aliphatic carbocycles. The number of likely N-dealkylation sites (tertiary alicyclic amines) is 1. The average Bonchev–Trinajstić information content (AvgIpc) is 3.37. The Hall–Kier alpha value is -2.62. The number of pyridine rings is 1. The first kappa shape index (κ1) is 22.1. The smallest absolute Gasteiger partial charge is 0.484 e. The molecule has 2 aliphatic heterocycles. The minimum absolute atomic E-state index is 0.0325. The van der Waals surface area contributed by atoms with E-state index in [0.717, 1.165) is 50.0 Å². The number of amides is 1.